The molecule has 0 bridgehead atoms. The van der Waals surface area contributed by atoms with Crippen LogP contribution in [0.3, 0.4) is 0 Å². The molecule has 2 fully saturated rings. The fourth-order valence-corrected chi connectivity index (χ4v) is 2.93. The largest absolute Gasteiger partial charge is 0.481 e. The first-order valence-corrected chi connectivity index (χ1v) is 6.07. The van der Waals surface area contributed by atoms with Gasteiger partial charge in [0.2, 0.25) is 6.54 Å². The van der Waals surface area contributed by atoms with Crippen LogP contribution in [0.2, 0.25) is 0 Å². The van der Waals surface area contributed by atoms with E-state index >= 15 is 0 Å². The number of nitrogens with zero attached hydrogens (tertiary/aromatic N) is 1. The maximum absolute atomic E-state index is 10.9. The Morgan fingerprint density at radius 2 is 1.78 bits per heavy atom. The summed E-state index contributed by atoms with van der Waals surface area (Å²) in [6.07, 6.45) is 1.83. The summed E-state index contributed by atoms with van der Waals surface area (Å²) >= 11 is 0. The minimum Gasteiger partial charge on any atom is -0.481 e. The fraction of sp³-hybridized carbons (Fsp3) is 0.909. The van der Waals surface area contributed by atoms with Gasteiger partial charge in [-0.25, -0.2) is 0 Å². The minimum absolute atomic E-state index is 0.163. The van der Waals surface area contributed by atoms with Crippen molar-refractivity contribution in [2.24, 2.45) is 5.41 Å². The Balaban J connectivity index is 2.04. The molecule has 1 N–H and O–H groups in total. The van der Waals surface area contributed by atoms with Crippen LogP contribution in [0, 0.1) is 15.5 Å². The lowest BCUT2D eigenvalue weighted by molar-refractivity contribution is -0.500. The number of carbonyl (C=O) groups is 1. The summed E-state index contributed by atoms with van der Waals surface area (Å²) in [5.41, 5.74) is -0.754. The first-order chi connectivity index (χ1) is 8.45. The molecule has 0 unspecified atom stereocenters. The lowest BCUT2D eigenvalue weighted by atomic mass is 9.70. The molecule has 1 aliphatic carbocycles. The molecule has 2 aliphatic rings. The van der Waals surface area contributed by atoms with E-state index in [4.69, 9.17) is 14.6 Å². The highest BCUT2D eigenvalue weighted by atomic mass is 16.7. The maximum atomic E-state index is 10.9. The van der Waals surface area contributed by atoms with Crippen molar-refractivity contribution in [3.8, 4) is 0 Å². The molecule has 2 rings (SSSR count). The van der Waals surface area contributed by atoms with Crippen LogP contribution in [0.5, 0.6) is 0 Å². The second-order valence-corrected chi connectivity index (χ2v) is 5.17. The van der Waals surface area contributed by atoms with E-state index in [9.17, 15) is 14.9 Å². The first kappa shape index (κ1) is 13.2. The van der Waals surface area contributed by atoms with Crippen molar-refractivity contribution in [3.05, 3.63) is 10.1 Å². The zero-order valence-corrected chi connectivity index (χ0v) is 10.1. The van der Waals surface area contributed by atoms with E-state index < -0.39 is 22.1 Å². The van der Waals surface area contributed by atoms with Gasteiger partial charge in [0.1, 0.15) is 0 Å². The maximum Gasteiger partial charge on any atom is 0.304 e. The average Bonchev–Trinajstić information content (AvgIpc) is 2.70. The number of rotatable bonds is 4. The van der Waals surface area contributed by atoms with Gasteiger partial charge in [0.15, 0.2) is 5.79 Å². The van der Waals surface area contributed by atoms with E-state index in [1.54, 1.807) is 0 Å². The molecular weight excluding hydrogens is 242 g/mol. The molecule has 0 aromatic heterocycles. The number of carboxylic acid groups (broad SMARTS) is 1. The zero-order chi connectivity index (χ0) is 13.2. The smallest absolute Gasteiger partial charge is 0.304 e. The highest BCUT2D eigenvalue weighted by Gasteiger charge is 2.49. The standard InChI is InChI=1S/C11H17NO6/c13-9(14)7-10(8-12(15)16)1-3-11(4-2-10)17-5-6-18-11/h1-8H2,(H,13,14). The van der Waals surface area contributed by atoms with Crippen LogP contribution in [-0.4, -0.2) is 41.5 Å². The Labute approximate surface area is 104 Å². The third-order valence-electron chi connectivity index (χ3n) is 3.88. The molecule has 0 radical (unpaired) electrons. The number of carboxylic acids is 1. The van der Waals surface area contributed by atoms with Crippen LogP contribution in [0.4, 0.5) is 0 Å². The predicted molar refractivity (Wildman–Crippen MR) is 59.7 cm³/mol. The van der Waals surface area contributed by atoms with Crippen LogP contribution in [0.25, 0.3) is 0 Å². The normalized spacial score (nSPS) is 25.1. The number of hydrogen-bond donors (Lipinski definition) is 1. The summed E-state index contributed by atoms with van der Waals surface area (Å²) in [4.78, 5) is 21.2. The number of ether oxygens (including phenoxy) is 2. The Morgan fingerprint density at radius 3 is 2.22 bits per heavy atom. The minimum atomic E-state index is -0.985. The lowest BCUT2D eigenvalue weighted by Crippen LogP contribution is -2.44. The third kappa shape index (κ3) is 2.78. The van der Waals surface area contributed by atoms with Gasteiger partial charge in [-0.3, -0.25) is 14.9 Å². The van der Waals surface area contributed by atoms with Crippen LogP contribution in [-0.2, 0) is 14.3 Å². The van der Waals surface area contributed by atoms with Crippen LogP contribution in [0.1, 0.15) is 32.1 Å². The predicted octanol–water partition coefficient (Wildman–Crippen LogP) is 1.04. The van der Waals surface area contributed by atoms with Gasteiger partial charge < -0.3 is 14.6 Å². The highest BCUT2D eigenvalue weighted by molar-refractivity contribution is 5.67. The number of aliphatic carboxylic acids is 1. The summed E-state index contributed by atoms with van der Waals surface area (Å²) < 4.78 is 11.1. The number of nitro groups is 1. The van der Waals surface area contributed by atoms with E-state index in [2.05, 4.69) is 0 Å². The molecule has 7 heteroatoms. The van der Waals surface area contributed by atoms with Gasteiger partial charge in [0.25, 0.3) is 0 Å². The topological polar surface area (TPSA) is 98.9 Å². The summed E-state index contributed by atoms with van der Waals surface area (Å²) in [6, 6.07) is 0. The van der Waals surface area contributed by atoms with E-state index in [0.717, 1.165) is 0 Å². The molecule has 0 amide bonds. The quantitative estimate of drug-likeness (QED) is 0.598. The van der Waals surface area contributed by atoms with Gasteiger partial charge in [-0.1, -0.05) is 0 Å². The number of hydrogen-bond acceptors (Lipinski definition) is 5. The summed E-state index contributed by atoms with van der Waals surface area (Å²) in [7, 11) is 0. The second-order valence-electron chi connectivity index (χ2n) is 5.17. The fourth-order valence-electron chi connectivity index (χ4n) is 2.93. The van der Waals surface area contributed by atoms with E-state index in [1.165, 1.54) is 0 Å². The Morgan fingerprint density at radius 1 is 1.22 bits per heavy atom. The average molecular weight is 259 g/mol. The van der Waals surface area contributed by atoms with Crippen molar-refractivity contribution >= 4 is 5.97 Å². The van der Waals surface area contributed by atoms with Gasteiger partial charge in [-0.2, -0.15) is 0 Å². The van der Waals surface area contributed by atoms with Crippen molar-refractivity contribution in [1.82, 2.24) is 0 Å². The van der Waals surface area contributed by atoms with Crippen molar-refractivity contribution in [3.63, 3.8) is 0 Å². The molecule has 102 valence electrons. The SMILES string of the molecule is O=C(O)CC1(C[N+](=O)[O-])CCC2(CC1)OCCO2. The molecule has 18 heavy (non-hydrogen) atoms. The van der Waals surface area contributed by atoms with Crippen LogP contribution in [0.15, 0.2) is 0 Å². The Bertz CT molecular complexity index is 321. The summed E-state index contributed by atoms with van der Waals surface area (Å²) in [5, 5.41) is 19.6. The summed E-state index contributed by atoms with van der Waals surface area (Å²) in [5.74, 6) is -1.60. The molecule has 1 spiro atoms. The van der Waals surface area contributed by atoms with Crippen molar-refractivity contribution in [2.45, 2.75) is 37.9 Å². The second kappa shape index (κ2) is 4.81. The molecule has 0 atom stereocenters. The Hall–Kier alpha value is -1.21. The van der Waals surface area contributed by atoms with Gasteiger partial charge in [-0.15, -0.1) is 0 Å². The molecule has 0 aromatic rings. The molecule has 1 saturated carbocycles. The van der Waals surface area contributed by atoms with Crippen molar-refractivity contribution < 1.29 is 24.3 Å². The lowest BCUT2D eigenvalue weighted by Gasteiger charge is -2.40. The molecule has 1 aliphatic heterocycles. The van der Waals surface area contributed by atoms with Gasteiger partial charge in [-0.05, 0) is 12.8 Å². The van der Waals surface area contributed by atoms with Crippen LogP contribution >= 0.6 is 0 Å². The van der Waals surface area contributed by atoms with E-state index in [0.29, 0.717) is 38.9 Å². The Kier molecular flexibility index (Phi) is 3.54. The molecule has 0 aromatic carbocycles. The summed E-state index contributed by atoms with van der Waals surface area (Å²) in [6.45, 7) is 0.789. The third-order valence-corrected chi connectivity index (χ3v) is 3.88. The highest BCUT2D eigenvalue weighted by Crippen LogP contribution is 2.46. The molecular formula is C11H17NO6. The molecule has 1 heterocycles. The van der Waals surface area contributed by atoms with Gasteiger partial charge in [0.05, 0.1) is 19.6 Å². The van der Waals surface area contributed by atoms with Crippen molar-refractivity contribution in [1.29, 1.82) is 0 Å². The monoisotopic (exact) mass is 259 g/mol. The van der Waals surface area contributed by atoms with Gasteiger partial charge in [0, 0.05) is 23.2 Å². The van der Waals surface area contributed by atoms with Gasteiger partial charge >= 0.3 is 5.97 Å². The van der Waals surface area contributed by atoms with Crippen molar-refractivity contribution in [2.75, 3.05) is 19.8 Å². The van der Waals surface area contributed by atoms with Crippen LogP contribution < -0.4 is 0 Å². The zero-order valence-electron chi connectivity index (χ0n) is 10.1. The van der Waals surface area contributed by atoms with E-state index in [-0.39, 0.29) is 13.0 Å². The van der Waals surface area contributed by atoms with E-state index in [1.807, 2.05) is 0 Å². The first-order valence-electron chi connectivity index (χ1n) is 6.07. The molecule has 7 nitrogen and oxygen atoms in total. The molecule has 1 saturated heterocycles.